The maximum Gasteiger partial charge on any atom is 0.234 e. The van der Waals surface area contributed by atoms with E-state index in [1.54, 1.807) is 0 Å². The van der Waals surface area contributed by atoms with Crippen molar-refractivity contribution in [3.05, 3.63) is 54.1 Å². The minimum Gasteiger partial charge on any atom is -0.492 e. The Morgan fingerprint density at radius 2 is 1.89 bits per heavy atom. The molecular formula is C18H16F2N4O2S2. The van der Waals surface area contributed by atoms with Crippen molar-refractivity contribution in [3.8, 4) is 5.75 Å². The summed E-state index contributed by atoms with van der Waals surface area (Å²) in [4.78, 5) is 12.0. The monoisotopic (exact) mass is 422 g/mol. The summed E-state index contributed by atoms with van der Waals surface area (Å²) in [6, 6.07) is 10.8. The van der Waals surface area contributed by atoms with Crippen LogP contribution >= 0.6 is 23.1 Å². The van der Waals surface area contributed by atoms with E-state index in [0.717, 1.165) is 29.6 Å². The van der Waals surface area contributed by atoms with E-state index in [0.29, 0.717) is 21.8 Å². The zero-order valence-corrected chi connectivity index (χ0v) is 16.4. The van der Waals surface area contributed by atoms with Crippen molar-refractivity contribution in [2.75, 3.05) is 23.0 Å². The van der Waals surface area contributed by atoms with Crippen molar-refractivity contribution < 1.29 is 18.3 Å². The van der Waals surface area contributed by atoms with Crippen LogP contribution in [0.2, 0.25) is 0 Å². The molecule has 10 heteroatoms. The number of carbonyl (C=O) groups excluding carboxylic acids is 1. The average Bonchev–Trinajstić information content (AvgIpc) is 3.12. The lowest BCUT2D eigenvalue weighted by molar-refractivity contribution is -0.113. The lowest BCUT2D eigenvalue weighted by Gasteiger charge is -2.09. The van der Waals surface area contributed by atoms with Crippen molar-refractivity contribution in [1.29, 1.82) is 0 Å². The smallest absolute Gasteiger partial charge is 0.234 e. The number of aromatic nitrogens is 2. The van der Waals surface area contributed by atoms with Crippen LogP contribution < -0.4 is 15.4 Å². The summed E-state index contributed by atoms with van der Waals surface area (Å²) in [5.74, 6) is -1.55. The van der Waals surface area contributed by atoms with E-state index in [1.165, 1.54) is 17.4 Å². The van der Waals surface area contributed by atoms with Gasteiger partial charge in [0.2, 0.25) is 11.0 Å². The van der Waals surface area contributed by atoms with Crippen LogP contribution in [-0.4, -0.2) is 28.5 Å². The number of anilines is 3. The molecule has 0 bridgehead atoms. The molecule has 146 valence electrons. The summed E-state index contributed by atoms with van der Waals surface area (Å²) in [5, 5.41) is 13.9. The Morgan fingerprint density at radius 3 is 2.64 bits per heavy atom. The number of thioether (sulfide) groups is 1. The number of hydrogen-bond acceptors (Lipinski definition) is 7. The third-order valence-corrected chi connectivity index (χ3v) is 5.36. The minimum absolute atomic E-state index is 0.0576. The zero-order chi connectivity index (χ0) is 19.9. The Kier molecular flexibility index (Phi) is 6.77. The van der Waals surface area contributed by atoms with Crippen LogP contribution in [0.3, 0.4) is 0 Å². The maximum atomic E-state index is 13.6. The van der Waals surface area contributed by atoms with E-state index >= 15 is 0 Å². The molecule has 0 radical (unpaired) electrons. The Balaban J connectivity index is 1.57. The topological polar surface area (TPSA) is 76.1 Å². The molecule has 1 aromatic heterocycles. The van der Waals surface area contributed by atoms with Crippen molar-refractivity contribution in [2.45, 2.75) is 11.3 Å². The van der Waals surface area contributed by atoms with E-state index in [4.69, 9.17) is 4.74 Å². The van der Waals surface area contributed by atoms with Crippen molar-refractivity contribution in [1.82, 2.24) is 10.2 Å². The molecule has 2 N–H and O–H groups in total. The van der Waals surface area contributed by atoms with Gasteiger partial charge in [-0.3, -0.25) is 4.79 Å². The lowest BCUT2D eigenvalue weighted by Crippen LogP contribution is -2.16. The predicted molar refractivity (Wildman–Crippen MR) is 107 cm³/mol. The molecule has 0 aliphatic carbocycles. The molecule has 0 saturated carbocycles. The first-order valence-electron chi connectivity index (χ1n) is 8.26. The molecule has 3 rings (SSSR count). The number of carbonyl (C=O) groups is 1. The van der Waals surface area contributed by atoms with Gasteiger partial charge < -0.3 is 15.4 Å². The largest absolute Gasteiger partial charge is 0.492 e. The van der Waals surface area contributed by atoms with Crippen LogP contribution in [0.15, 0.2) is 46.8 Å². The second kappa shape index (κ2) is 9.47. The fraction of sp³-hybridized carbons (Fsp3) is 0.167. The number of amides is 1. The average molecular weight is 422 g/mol. The lowest BCUT2D eigenvalue weighted by atomic mass is 10.3. The van der Waals surface area contributed by atoms with Gasteiger partial charge in [0.1, 0.15) is 23.1 Å². The molecule has 1 amide bonds. The molecule has 3 aromatic rings. The summed E-state index contributed by atoms with van der Waals surface area (Å²) in [6.07, 6.45) is 0. The van der Waals surface area contributed by atoms with Gasteiger partial charge in [0.05, 0.1) is 18.0 Å². The second-order valence-corrected chi connectivity index (χ2v) is 7.56. The van der Waals surface area contributed by atoms with E-state index < -0.39 is 23.2 Å². The SMILES string of the molecule is CCOc1ccccc1Nc1nnc(SCC(=O)Nc2c(F)cccc2F)s1. The van der Waals surface area contributed by atoms with E-state index in [9.17, 15) is 13.6 Å². The number of halogens is 2. The normalized spacial score (nSPS) is 10.5. The molecule has 0 fully saturated rings. The molecular weight excluding hydrogens is 406 g/mol. The number of para-hydroxylation sites is 3. The highest BCUT2D eigenvalue weighted by atomic mass is 32.2. The van der Waals surface area contributed by atoms with Crippen molar-refractivity contribution >= 4 is 45.5 Å². The second-order valence-electron chi connectivity index (χ2n) is 5.36. The van der Waals surface area contributed by atoms with Gasteiger partial charge >= 0.3 is 0 Å². The molecule has 0 saturated heterocycles. The first-order valence-corrected chi connectivity index (χ1v) is 10.1. The number of nitrogens with one attached hydrogen (secondary N) is 2. The van der Waals surface area contributed by atoms with Gasteiger partial charge in [0.25, 0.3) is 0 Å². The van der Waals surface area contributed by atoms with Gasteiger partial charge in [-0.25, -0.2) is 8.78 Å². The van der Waals surface area contributed by atoms with Crippen LogP contribution in [0.5, 0.6) is 5.75 Å². The summed E-state index contributed by atoms with van der Waals surface area (Å²) in [7, 11) is 0. The van der Waals surface area contributed by atoms with Crippen LogP contribution in [-0.2, 0) is 4.79 Å². The molecule has 1 heterocycles. The standard InChI is InChI=1S/C18H16F2N4O2S2/c1-2-26-14-9-4-3-8-13(14)21-17-23-24-18(28-17)27-10-15(25)22-16-11(19)6-5-7-12(16)20/h3-9H,2,10H2,1H3,(H,21,23)(H,22,25). The first-order chi connectivity index (χ1) is 13.6. The van der Waals surface area contributed by atoms with Crippen molar-refractivity contribution in [2.24, 2.45) is 0 Å². The summed E-state index contributed by atoms with van der Waals surface area (Å²) in [6.45, 7) is 2.43. The highest BCUT2D eigenvalue weighted by molar-refractivity contribution is 8.01. The Hall–Kier alpha value is -2.72. The molecule has 28 heavy (non-hydrogen) atoms. The summed E-state index contributed by atoms with van der Waals surface area (Å²) < 4.78 is 33.2. The van der Waals surface area contributed by atoms with Crippen molar-refractivity contribution in [3.63, 3.8) is 0 Å². The van der Waals surface area contributed by atoms with Gasteiger partial charge in [-0.05, 0) is 31.2 Å². The Morgan fingerprint density at radius 1 is 1.14 bits per heavy atom. The number of ether oxygens (including phenoxy) is 1. The quantitative estimate of drug-likeness (QED) is 0.513. The fourth-order valence-corrected chi connectivity index (χ4v) is 3.77. The van der Waals surface area contributed by atoms with E-state index in [-0.39, 0.29) is 5.75 Å². The molecule has 2 aromatic carbocycles. The summed E-state index contributed by atoms with van der Waals surface area (Å²) in [5.41, 5.74) is 0.296. The highest BCUT2D eigenvalue weighted by Crippen LogP contribution is 2.31. The third kappa shape index (κ3) is 5.17. The predicted octanol–water partition coefficient (Wildman–Crippen LogP) is 4.69. The van der Waals surface area contributed by atoms with Gasteiger partial charge in [-0.1, -0.05) is 41.3 Å². The molecule has 0 spiro atoms. The van der Waals surface area contributed by atoms with Crippen LogP contribution in [0.25, 0.3) is 0 Å². The Labute approximate surface area is 168 Å². The Bertz CT molecular complexity index is 948. The third-order valence-electron chi connectivity index (χ3n) is 3.39. The van der Waals surface area contributed by atoms with E-state index in [1.807, 2.05) is 31.2 Å². The summed E-state index contributed by atoms with van der Waals surface area (Å²) >= 11 is 2.38. The van der Waals surface area contributed by atoms with Gasteiger partial charge in [0.15, 0.2) is 4.34 Å². The highest BCUT2D eigenvalue weighted by Gasteiger charge is 2.14. The fourth-order valence-electron chi connectivity index (χ4n) is 2.21. The van der Waals surface area contributed by atoms with E-state index in [2.05, 4.69) is 20.8 Å². The zero-order valence-electron chi connectivity index (χ0n) is 14.7. The number of benzene rings is 2. The maximum absolute atomic E-state index is 13.6. The van der Waals surface area contributed by atoms with Crippen LogP contribution in [0.4, 0.5) is 25.3 Å². The molecule has 0 atom stereocenters. The number of rotatable bonds is 8. The molecule has 0 aliphatic heterocycles. The number of nitrogens with zero attached hydrogens (tertiary/aromatic N) is 2. The van der Waals surface area contributed by atoms with Gasteiger partial charge in [-0.2, -0.15) is 0 Å². The first kappa shape index (κ1) is 20.0. The molecule has 6 nitrogen and oxygen atoms in total. The van der Waals surface area contributed by atoms with Crippen LogP contribution in [0, 0.1) is 11.6 Å². The van der Waals surface area contributed by atoms with Gasteiger partial charge in [0, 0.05) is 0 Å². The minimum atomic E-state index is -0.825. The molecule has 0 unspecified atom stereocenters. The van der Waals surface area contributed by atoms with Crippen LogP contribution in [0.1, 0.15) is 6.92 Å². The molecule has 0 aliphatic rings. The van der Waals surface area contributed by atoms with Gasteiger partial charge in [-0.15, -0.1) is 10.2 Å². The number of hydrogen-bond donors (Lipinski definition) is 2.